The Morgan fingerprint density at radius 3 is 2.20 bits per heavy atom. The van der Waals surface area contributed by atoms with Gasteiger partial charge in [-0.05, 0) is 56.7 Å². The molecule has 3 rings (SSSR count). The van der Waals surface area contributed by atoms with E-state index in [1.165, 1.54) is 0 Å². The van der Waals surface area contributed by atoms with E-state index in [-0.39, 0.29) is 17.9 Å². The minimum absolute atomic E-state index is 0.0299. The molecule has 0 aliphatic heterocycles. The molecule has 0 aliphatic carbocycles. The summed E-state index contributed by atoms with van der Waals surface area (Å²) in [6.07, 6.45) is 0. The average molecular weight is 422 g/mol. The van der Waals surface area contributed by atoms with Gasteiger partial charge in [-0.3, -0.25) is 4.79 Å². The summed E-state index contributed by atoms with van der Waals surface area (Å²) < 4.78 is 0. The molecule has 0 spiro atoms. The molecule has 6 heteroatoms. The number of aryl methyl sites for hydroxylation is 1. The second-order valence-electron chi connectivity index (χ2n) is 7.26. The van der Waals surface area contributed by atoms with Gasteiger partial charge in [-0.25, -0.2) is 4.79 Å². The number of hydrogen-bond acceptors (Lipinski definition) is 3. The number of carbonyl (C=O) groups is 2. The molecule has 0 saturated heterocycles. The highest BCUT2D eigenvalue weighted by atomic mass is 35.5. The number of para-hydroxylation sites is 2. The highest BCUT2D eigenvalue weighted by molar-refractivity contribution is 6.35. The number of amides is 2. The molecule has 5 nitrogen and oxygen atoms in total. The van der Waals surface area contributed by atoms with Gasteiger partial charge in [-0.2, -0.15) is 0 Å². The lowest BCUT2D eigenvalue weighted by Crippen LogP contribution is -2.34. The maximum Gasteiger partial charge on any atom is 0.319 e. The average Bonchev–Trinajstić information content (AvgIpc) is 2.69. The predicted molar refractivity (Wildman–Crippen MR) is 123 cm³/mol. The van der Waals surface area contributed by atoms with Crippen LogP contribution in [0.15, 0.2) is 66.7 Å². The second-order valence-corrected chi connectivity index (χ2v) is 7.67. The summed E-state index contributed by atoms with van der Waals surface area (Å²) >= 11 is 6.43. The molecule has 0 heterocycles. The van der Waals surface area contributed by atoms with Crippen LogP contribution in [0, 0.1) is 6.92 Å². The zero-order valence-electron chi connectivity index (χ0n) is 17.1. The van der Waals surface area contributed by atoms with Gasteiger partial charge in [-0.15, -0.1) is 0 Å². The van der Waals surface area contributed by atoms with Gasteiger partial charge in [0.15, 0.2) is 5.78 Å². The summed E-state index contributed by atoms with van der Waals surface area (Å²) in [5, 5.41) is 9.24. The van der Waals surface area contributed by atoms with E-state index in [0.29, 0.717) is 33.2 Å². The molecule has 0 aromatic heterocycles. The summed E-state index contributed by atoms with van der Waals surface area (Å²) in [5.41, 5.74) is 4.03. The van der Waals surface area contributed by atoms with Crippen LogP contribution in [0.2, 0.25) is 5.02 Å². The van der Waals surface area contributed by atoms with Crippen molar-refractivity contribution in [3.8, 4) is 0 Å². The maximum absolute atomic E-state index is 12.9. The van der Waals surface area contributed by atoms with Crippen molar-refractivity contribution in [3.63, 3.8) is 0 Å². The van der Waals surface area contributed by atoms with E-state index in [1.54, 1.807) is 30.3 Å². The minimum atomic E-state index is -0.281. The van der Waals surface area contributed by atoms with Gasteiger partial charge in [0.2, 0.25) is 0 Å². The van der Waals surface area contributed by atoms with Gasteiger partial charge >= 0.3 is 6.03 Å². The molecule has 2 amide bonds. The Hall–Kier alpha value is -3.31. The van der Waals surface area contributed by atoms with Gasteiger partial charge in [0.25, 0.3) is 0 Å². The number of urea groups is 1. The van der Waals surface area contributed by atoms with Crippen molar-refractivity contribution in [1.82, 2.24) is 5.32 Å². The SMILES string of the molecule is Cc1ccccc1C(=O)c1ccc(Nc2ccccc2NC(=O)NC(C)C)cc1Cl. The van der Waals surface area contributed by atoms with Gasteiger partial charge in [0.05, 0.1) is 16.4 Å². The predicted octanol–water partition coefficient (Wildman–Crippen LogP) is 6.15. The van der Waals surface area contributed by atoms with E-state index in [1.807, 2.05) is 57.2 Å². The van der Waals surface area contributed by atoms with Crippen LogP contribution in [0.4, 0.5) is 21.9 Å². The smallest absolute Gasteiger partial charge is 0.319 e. The number of hydrogen-bond donors (Lipinski definition) is 3. The first-order valence-corrected chi connectivity index (χ1v) is 10.1. The highest BCUT2D eigenvalue weighted by Crippen LogP contribution is 2.29. The Balaban J connectivity index is 1.81. The highest BCUT2D eigenvalue weighted by Gasteiger charge is 2.15. The Morgan fingerprint density at radius 2 is 1.53 bits per heavy atom. The quantitative estimate of drug-likeness (QED) is 0.418. The van der Waals surface area contributed by atoms with E-state index in [4.69, 9.17) is 11.6 Å². The molecule has 0 aliphatic rings. The van der Waals surface area contributed by atoms with Crippen molar-refractivity contribution >= 4 is 40.5 Å². The normalized spacial score (nSPS) is 10.6. The maximum atomic E-state index is 12.9. The van der Waals surface area contributed by atoms with Crippen LogP contribution in [0.1, 0.15) is 35.3 Å². The summed E-state index contributed by atoms with van der Waals surface area (Å²) in [4.78, 5) is 24.9. The third-order valence-electron chi connectivity index (χ3n) is 4.48. The topological polar surface area (TPSA) is 70.2 Å². The molecule has 0 fully saturated rings. The molecule has 0 atom stereocenters. The summed E-state index contributed by atoms with van der Waals surface area (Å²) in [7, 11) is 0. The van der Waals surface area contributed by atoms with Crippen LogP contribution >= 0.6 is 11.6 Å². The molecule has 0 unspecified atom stereocenters. The van der Waals surface area contributed by atoms with Gasteiger partial charge in [0, 0.05) is 22.9 Å². The zero-order chi connectivity index (χ0) is 21.7. The molecule has 0 saturated carbocycles. The molecule has 3 N–H and O–H groups in total. The number of carbonyl (C=O) groups excluding carboxylic acids is 2. The fourth-order valence-corrected chi connectivity index (χ4v) is 3.29. The molecular weight excluding hydrogens is 398 g/mol. The number of ketones is 1. The fraction of sp³-hybridized carbons (Fsp3) is 0.167. The van der Waals surface area contributed by atoms with Crippen LogP contribution in [-0.2, 0) is 0 Å². The second kappa shape index (κ2) is 9.46. The zero-order valence-corrected chi connectivity index (χ0v) is 17.9. The Bertz CT molecular complexity index is 1080. The van der Waals surface area contributed by atoms with E-state index in [2.05, 4.69) is 16.0 Å². The third-order valence-corrected chi connectivity index (χ3v) is 4.79. The van der Waals surface area contributed by atoms with E-state index in [9.17, 15) is 9.59 Å². The first-order chi connectivity index (χ1) is 14.3. The number of rotatable bonds is 6. The van der Waals surface area contributed by atoms with Crippen molar-refractivity contribution in [2.24, 2.45) is 0 Å². The van der Waals surface area contributed by atoms with Crippen molar-refractivity contribution in [1.29, 1.82) is 0 Å². The Kier molecular flexibility index (Phi) is 6.75. The van der Waals surface area contributed by atoms with Crippen LogP contribution in [-0.4, -0.2) is 17.9 Å². The van der Waals surface area contributed by atoms with Gasteiger partial charge < -0.3 is 16.0 Å². The monoisotopic (exact) mass is 421 g/mol. The molecule has 30 heavy (non-hydrogen) atoms. The van der Waals surface area contributed by atoms with Crippen molar-refractivity contribution in [3.05, 3.63) is 88.4 Å². The van der Waals surface area contributed by atoms with Crippen molar-refractivity contribution < 1.29 is 9.59 Å². The van der Waals surface area contributed by atoms with Crippen molar-refractivity contribution in [2.45, 2.75) is 26.8 Å². The number of halogens is 1. The molecule has 154 valence electrons. The number of benzene rings is 3. The van der Waals surface area contributed by atoms with Crippen LogP contribution in [0.3, 0.4) is 0 Å². The Morgan fingerprint density at radius 1 is 0.867 bits per heavy atom. The minimum Gasteiger partial charge on any atom is -0.354 e. The summed E-state index contributed by atoms with van der Waals surface area (Å²) in [6.45, 7) is 5.69. The first kappa shape index (κ1) is 21.4. The molecule has 3 aromatic carbocycles. The van der Waals surface area contributed by atoms with E-state index in [0.717, 1.165) is 5.56 Å². The lowest BCUT2D eigenvalue weighted by Gasteiger charge is -2.15. The number of nitrogens with one attached hydrogen (secondary N) is 3. The van der Waals surface area contributed by atoms with Crippen LogP contribution < -0.4 is 16.0 Å². The first-order valence-electron chi connectivity index (χ1n) is 9.68. The molecule has 0 radical (unpaired) electrons. The van der Waals surface area contributed by atoms with Gasteiger partial charge in [-0.1, -0.05) is 48.0 Å². The summed E-state index contributed by atoms with van der Waals surface area (Å²) in [5.74, 6) is -0.114. The van der Waals surface area contributed by atoms with Crippen molar-refractivity contribution in [2.75, 3.05) is 10.6 Å². The molecule has 3 aromatic rings. The lowest BCUT2D eigenvalue weighted by molar-refractivity contribution is 0.103. The lowest BCUT2D eigenvalue weighted by atomic mass is 9.99. The Labute approximate surface area is 181 Å². The fourth-order valence-electron chi connectivity index (χ4n) is 3.03. The molecular formula is C24H24ClN3O2. The van der Waals surface area contributed by atoms with E-state index < -0.39 is 0 Å². The van der Waals surface area contributed by atoms with Gasteiger partial charge in [0.1, 0.15) is 0 Å². The van der Waals surface area contributed by atoms with Crippen LogP contribution in [0.25, 0.3) is 0 Å². The third kappa shape index (κ3) is 5.19. The summed E-state index contributed by atoms with van der Waals surface area (Å²) in [6, 6.07) is 19.8. The standard InChI is InChI=1S/C24H24ClN3O2/c1-15(2)26-24(30)28-22-11-7-6-10-21(22)27-17-12-13-19(20(25)14-17)23(29)18-9-5-4-8-16(18)3/h4-15,27H,1-3H3,(H2,26,28,30). The largest absolute Gasteiger partial charge is 0.354 e. The molecule has 0 bridgehead atoms. The van der Waals surface area contributed by atoms with Crippen LogP contribution in [0.5, 0.6) is 0 Å². The number of anilines is 3. The van der Waals surface area contributed by atoms with E-state index >= 15 is 0 Å².